The van der Waals surface area contributed by atoms with Gasteiger partial charge in [0.2, 0.25) is 0 Å². The molecule has 0 spiro atoms. The van der Waals surface area contributed by atoms with E-state index >= 15 is 0 Å². The number of hydrogen-bond donors (Lipinski definition) is 1. The molecule has 0 saturated heterocycles. The van der Waals surface area contributed by atoms with Gasteiger partial charge in [-0.05, 0) is 30.7 Å². The van der Waals surface area contributed by atoms with Gasteiger partial charge in [0.15, 0.2) is 11.5 Å². The Morgan fingerprint density at radius 1 is 1.41 bits per heavy atom. The molecule has 2 rings (SSSR count). The predicted octanol–water partition coefficient (Wildman–Crippen LogP) is 3.07. The van der Waals surface area contributed by atoms with Gasteiger partial charge in [0.1, 0.15) is 0 Å². The fourth-order valence-electron chi connectivity index (χ4n) is 1.92. The van der Waals surface area contributed by atoms with Crippen LogP contribution in [0.2, 0.25) is 5.02 Å². The van der Waals surface area contributed by atoms with Crippen molar-refractivity contribution in [3.63, 3.8) is 0 Å². The Balaban J connectivity index is 2.14. The van der Waals surface area contributed by atoms with Gasteiger partial charge in [-0.15, -0.1) is 0 Å². The summed E-state index contributed by atoms with van der Waals surface area (Å²) in [5.41, 5.74) is 1.33. The summed E-state index contributed by atoms with van der Waals surface area (Å²) in [5.74, 6) is 0.628. The van der Waals surface area contributed by atoms with E-state index in [4.69, 9.17) is 21.1 Å². The largest absolute Gasteiger partial charge is 0.493 e. The number of pyridine rings is 1. The van der Waals surface area contributed by atoms with Crippen LogP contribution in [-0.2, 0) is 6.54 Å². The lowest BCUT2D eigenvalue weighted by atomic mass is 10.1. The number of aromatic nitrogens is 1. The van der Waals surface area contributed by atoms with Crippen LogP contribution >= 0.6 is 11.6 Å². The molecule has 0 fully saturated rings. The van der Waals surface area contributed by atoms with Gasteiger partial charge in [-0.2, -0.15) is 0 Å². The number of ether oxygens (including phenoxy) is 2. The number of halogens is 1. The molecule has 2 aromatic rings. The van der Waals surface area contributed by atoms with Gasteiger partial charge in [0, 0.05) is 24.5 Å². The lowest BCUT2D eigenvalue weighted by Crippen LogP contribution is -2.23. The standard InChI is InChI=1S/C16H17ClN2O3/c1-3-22-15-13(17)7-12(8-14(15)21-2)16(20)19-10-11-5-4-6-18-9-11/h4-9H,3,10H2,1-2H3,(H,19,20). The molecule has 0 aliphatic carbocycles. The van der Waals surface area contributed by atoms with Crippen molar-refractivity contribution >= 4 is 17.5 Å². The first-order chi connectivity index (χ1) is 10.7. The number of benzene rings is 1. The fourth-order valence-corrected chi connectivity index (χ4v) is 2.19. The van der Waals surface area contributed by atoms with Crippen LogP contribution in [0.5, 0.6) is 11.5 Å². The third kappa shape index (κ3) is 3.89. The molecule has 0 atom stereocenters. The van der Waals surface area contributed by atoms with Crippen LogP contribution in [0.25, 0.3) is 0 Å². The molecule has 5 nitrogen and oxygen atoms in total. The third-order valence-corrected chi connectivity index (χ3v) is 3.24. The summed E-state index contributed by atoms with van der Waals surface area (Å²) < 4.78 is 10.7. The molecular formula is C16H17ClN2O3. The van der Waals surface area contributed by atoms with Gasteiger partial charge < -0.3 is 14.8 Å². The molecule has 0 aliphatic rings. The zero-order chi connectivity index (χ0) is 15.9. The van der Waals surface area contributed by atoms with Crippen LogP contribution in [0.3, 0.4) is 0 Å². The minimum Gasteiger partial charge on any atom is -0.493 e. The van der Waals surface area contributed by atoms with Crippen molar-refractivity contribution in [1.82, 2.24) is 10.3 Å². The number of rotatable bonds is 6. The third-order valence-electron chi connectivity index (χ3n) is 2.96. The van der Waals surface area contributed by atoms with Crippen molar-refractivity contribution < 1.29 is 14.3 Å². The average molecular weight is 321 g/mol. The molecule has 116 valence electrons. The van der Waals surface area contributed by atoms with Gasteiger partial charge in [-0.3, -0.25) is 9.78 Å². The normalized spacial score (nSPS) is 10.1. The van der Waals surface area contributed by atoms with E-state index in [2.05, 4.69) is 10.3 Å². The van der Waals surface area contributed by atoms with Crippen molar-refractivity contribution in [2.45, 2.75) is 13.5 Å². The predicted molar refractivity (Wildman–Crippen MR) is 84.6 cm³/mol. The minimum atomic E-state index is -0.243. The highest BCUT2D eigenvalue weighted by Gasteiger charge is 2.15. The van der Waals surface area contributed by atoms with Gasteiger partial charge in [-0.1, -0.05) is 17.7 Å². The molecule has 1 aromatic heterocycles. The van der Waals surface area contributed by atoms with E-state index in [-0.39, 0.29) is 5.91 Å². The smallest absolute Gasteiger partial charge is 0.251 e. The van der Waals surface area contributed by atoms with Gasteiger partial charge in [0.25, 0.3) is 5.91 Å². The number of nitrogens with zero attached hydrogens (tertiary/aromatic N) is 1. The molecule has 0 bridgehead atoms. The maximum atomic E-state index is 12.2. The SMILES string of the molecule is CCOc1c(Cl)cc(C(=O)NCc2cccnc2)cc1OC. The molecule has 1 amide bonds. The lowest BCUT2D eigenvalue weighted by molar-refractivity contribution is 0.0950. The van der Waals surface area contributed by atoms with Crippen molar-refractivity contribution in [2.75, 3.05) is 13.7 Å². The second-order valence-corrected chi connectivity index (χ2v) is 4.87. The number of carbonyl (C=O) groups is 1. The maximum absolute atomic E-state index is 12.2. The van der Waals surface area contributed by atoms with Crippen LogP contribution in [0.1, 0.15) is 22.8 Å². The lowest BCUT2D eigenvalue weighted by Gasteiger charge is -2.13. The molecular weight excluding hydrogens is 304 g/mol. The summed E-state index contributed by atoms with van der Waals surface area (Å²) in [7, 11) is 1.51. The van der Waals surface area contributed by atoms with Crippen LogP contribution in [0, 0.1) is 0 Å². The van der Waals surface area contributed by atoms with E-state index in [9.17, 15) is 4.79 Å². The highest BCUT2D eigenvalue weighted by atomic mass is 35.5. The van der Waals surface area contributed by atoms with Crippen LogP contribution in [0.4, 0.5) is 0 Å². The van der Waals surface area contributed by atoms with E-state index in [0.717, 1.165) is 5.56 Å². The highest BCUT2D eigenvalue weighted by Crippen LogP contribution is 2.36. The van der Waals surface area contributed by atoms with E-state index in [1.807, 2.05) is 19.1 Å². The highest BCUT2D eigenvalue weighted by molar-refractivity contribution is 6.32. The van der Waals surface area contributed by atoms with E-state index < -0.39 is 0 Å². The van der Waals surface area contributed by atoms with Gasteiger partial charge >= 0.3 is 0 Å². The Labute approximate surface area is 134 Å². The minimum absolute atomic E-state index is 0.243. The molecule has 0 saturated carbocycles. The fraction of sp³-hybridized carbons (Fsp3) is 0.250. The zero-order valence-electron chi connectivity index (χ0n) is 12.4. The molecule has 1 heterocycles. The van der Waals surface area contributed by atoms with Gasteiger partial charge in [-0.25, -0.2) is 0 Å². The summed E-state index contributed by atoms with van der Waals surface area (Å²) >= 11 is 6.16. The second kappa shape index (κ2) is 7.66. The molecule has 6 heteroatoms. The molecule has 1 N–H and O–H groups in total. The number of carbonyl (C=O) groups excluding carboxylic acids is 1. The zero-order valence-corrected chi connectivity index (χ0v) is 13.2. The Morgan fingerprint density at radius 3 is 2.86 bits per heavy atom. The number of nitrogens with one attached hydrogen (secondary N) is 1. The quantitative estimate of drug-likeness (QED) is 0.888. The average Bonchev–Trinajstić information content (AvgIpc) is 2.55. The van der Waals surface area contributed by atoms with E-state index in [0.29, 0.717) is 35.2 Å². The van der Waals surface area contributed by atoms with E-state index in [1.165, 1.54) is 7.11 Å². The van der Waals surface area contributed by atoms with E-state index in [1.54, 1.807) is 24.5 Å². The molecule has 0 aliphatic heterocycles. The maximum Gasteiger partial charge on any atom is 0.251 e. The van der Waals surface area contributed by atoms with Crippen molar-refractivity contribution in [3.8, 4) is 11.5 Å². The first kappa shape index (κ1) is 16.1. The van der Waals surface area contributed by atoms with Crippen molar-refractivity contribution in [1.29, 1.82) is 0 Å². The number of hydrogen-bond acceptors (Lipinski definition) is 4. The summed E-state index contributed by atoms with van der Waals surface area (Å²) in [4.78, 5) is 16.2. The Morgan fingerprint density at radius 2 is 2.23 bits per heavy atom. The summed E-state index contributed by atoms with van der Waals surface area (Å²) in [6.45, 7) is 2.70. The van der Waals surface area contributed by atoms with Gasteiger partial charge in [0.05, 0.1) is 18.7 Å². The Kier molecular flexibility index (Phi) is 5.61. The Hall–Kier alpha value is -2.27. The monoisotopic (exact) mass is 320 g/mol. The van der Waals surface area contributed by atoms with Crippen molar-refractivity contribution in [3.05, 3.63) is 52.8 Å². The first-order valence-electron chi connectivity index (χ1n) is 6.83. The number of methoxy groups -OCH3 is 1. The molecule has 0 radical (unpaired) electrons. The molecule has 0 unspecified atom stereocenters. The summed E-state index contributed by atoms with van der Waals surface area (Å²) in [6, 6.07) is 6.88. The van der Waals surface area contributed by atoms with Crippen LogP contribution < -0.4 is 14.8 Å². The molecule has 22 heavy (non-hydrogen) atoms. The second-order valence-electron chi connectivity index (χ2n) is 4.47. The van der Waals surface area contributed by atoms with Crippen molar-refractivity contribution in [2.24, 2.45) is 0 Å². The molecule has 1 aromatic carbocycles. The Bertz CT molecular complexity index is 647. The van der Waals surface area contributed by atoms with Crippen LogP contribution in [0.15, 0.2) is 36.7 Å². The first-order valence-corrected chi connectivity index (χ1v) is 7.21. The van der Waals surface area contributed by atoms with Crippen LogP contribution in [-0.4, -0.2) is 24.6 Å². The topological polar surface area (TPSA) is 60.5 Å². The summed E-state index contributed by atoms with van der Waals surface area (Å²) in [5, 5.41) is 3.15. The number of amides is 1. The summed E-state index contributed by atoms with van der Waals surface area (Å²) in [6.07, 6.45) is 3.38.